The number of esters is 1. The first-order valence-corrected chi connectivity index (χ1v) is 14.4. The third-order valence-electron chi connectivity index (χ3n) is 6.77. The van der Waals surface area contributed by atoms with E-state index in [-0.39, 0.29) is 30.7 Å². The van der Waals surface area contributed by atoms with E-state index >= 15 is 0 Å². The first-order valence-electron chi connectivity index (χ1n) is 12.6. The van der Waals surface area contributed by atoms with Crippen LogP contribution in [-0.4, -0.2) is 24.9 Å². The molecule has 0 amide bonds. The predicted molar refractivity (Wildman–Crippen MR) is 141 cm³/mol. The molecule has 14 heteroatoms. The largest absolute Gasteiger partial charge is 1.00 e. The Morgan fingerprint density at radius 3 is 2.29 bits per heavy atom. The summed E-state index contributed by atoms with van der Waals surface area (Å²) in [6, 6.07) is 14.1. The van der Waals surface area contributed by atoms with E-state index in [0.717, 1.165) is 24.8 Å². The molecule has 1 aliphatic carbocycles. The molecule has 0 bridgehead atoms. The highest BCUT2D eigenvalue weighted by molar-refractivity contribution is 7.88. The van der Waals surface area contributed by atoms with Crippen molar-refractivity contribution in [3.63, 3.8) is 0 Å². The van der Waals surface area contributed by atoms with Gasteiger partial charge in [0.2, 0.25) is 6.73 Å². The average molecular weight is 726 g/mol. The van der Waals surface area contributed by atoms with Gasteiger partial charge >= 0.3 is 21.6 Å². The molecule has 4 rings (SSSR count). The molecule has 1 heterocycles. The van der Waals surface area contributed by atoms with Crippen LogP contribution in [0.15, 0.2) is 60.9 Å². The van der Waals surface area contributed by atoms with Crippen LogP contribution < -0.4 is 38.0 Å². The average Bonchev–Trinajstić information content (AvgIpc) is 2.93. The Bertz CT molecular complexity index is 1450. The topological polar surface area (TPSA) is 98.5 Å². The molecule has 1 saturated carbocycles. The third kappa shape index (κ3) is 7.60. The van der Waals surface area contributed by atoms with Crippen molar-refractivity contribution in [1.82, 2.24) is 4.98 Å². The Hall–Kier alpha value is -2.65. The minimum Gasteiger partial charge on any atom is -1.00 e. The summed E-state index contributed by atoms with van der Waals surface area (Å²) in [6.45, 7) is 1.82. The Morgan fingerprint density at radius 1 is 1.07 bits per heavy atom. The summed E-state index contributed by atoms with van der Waals surface area (Å²) in [5, 5.41) is 3.81. The number of nitrogens with zero attached hydrogens (tertiary/aromatic N) is 2. The highest BCUT2D eigenvalue weighted by Crippen LogP contribution is 2.42. The molecule has 3 aromatic rings. The molecule has 0 saturated heterocycles. The van der Waals surface area contributed by atoms with E-state index in [0.29, 0.717) is 41.4 Å². The van der Waals surface area contributed by atoms with Gasteiger partial charge in [0.25, 0.3) is 12.1 Å². The standard InChI is InChI=1S/C27H27ClF3N3O5S.HI/c1-2-22-23(28)24(32-17-34(22)18-38-25(35)19-9-5-3-6-10-19)33-26(15-7-4-8-16-26)20-11-13-21(14-12-20)39-40(36,37)27(29,30)31;/h3,5-6,9-14,17H,2,4,7-8,15-16,18H2,1H3;1H. The molecule has 0 radical (unpaired) electrons. The van der Waals surface area contributed by atoms with E-state index in [2.05, 4.69) is 14.5 Å². The maximum atomic E-state index is 12.7. The van der Waals surface area contributed by atoms with Gasteiger partial charge in [0.15, 0.2) is 5.02 Å². The number of carbonyl (C=O) groups is 1. The molecule has 2 aromatic carbocycles. The van der Waals surface area contributed by atoms with Crippen LogP contribution in [-0.2, 0) is 33.5 Å². The number of nitrogens with one attached hydrogen (secondary N) is 1. The van der Waals surface area contributed by atoms with Crippen LogP contribution in [0.1, 0.15) is 60.6 Å². The van der Waals surface area contributed by atoms with Crippen molar-refractivity contribution in [1.29, 1.82) is 0 Å². The summed E-state index contributed by atoms with van der Waals surface area (Å²) in [5.74, 6) is -0.515. The lowest BCUT2D eigenvalue weighted by Gasteiger charge is -2.38. The SMILES string of the molecule is CCc1c(Cl)c(NC2(c3ccc(OS(=O)(=O)C(F)(F)F)cc3)CCCCC2)nc[n+]1COC(=O)c1ccccc1.[I-]. The van der Waals surface area contributed by atoms with Gasteiger partial charge < -0.3 is 38.2 Å². The van der Waals surface area contributed by atoms with Gasteiger partial charge in [0, 0.05) is 6.42 Å². The van der Waals surface area contributed by atoms with Crippen molar-refractivity contribution in [2.75, 3.05) is 5.32 Å². The van der Waals surface area contributed by atoms with Crippen LogP contribution >= 0.6 is 11.6 Å². The number of alkyl halides is 3. The number of halogens is 5. The molecule has 1 aliphatic rings. The quantitative estimate of drug-likeness (QED) is 0.119. The van der Waals surface area contributed by atoms with E-state index in [4.69, 9.17) is 16.3 Å². The first kappa shape index (κ1) is 32.9. The monoisotopic (exact) mass is 725 g/mol. The van der Waals surface area contributed by atoms with Gasteiger partial charge in [-0.15, -0.1) is 0 Å². The molecule has 222 valence electrons. The summed E-state index contributed by atoms with van der Waals surface area (Å²) < 4.78 is 72.2. The van der Waals surface area contributed by atoms with E-state index in [9.17, 15) is 26.4 Å². The van der Waals surface area contributed by atoms with Crippen LogP contribution in [0.5, 0.6) is 5.75 Å². The maximum absolute atomic E-state index is 12.7. The van der Waals surface area contributed by atoms with Crippen LogP contribution in [0.4, 0.5) is 19.0 Å². The number of carbonyl (C=O) groups excluding carboxylic acids is 1. The molecule has 41 heavy (non-hydrogen) atoms. The van der Waals surface area contributed by atoms with Gasteiger partial charge in [0.05, 0.1) is 11.1 Å². The van der Waals surface area contributed by atoms with Crippen molar-refractivity contribution >= 4 is 33.5 Å². The summed E-state index contributed by atoms with van der Waals surface area (Å²) in [4.78, 5) is 16.9. The minimum atomic E-state index is -5.77. The van der Waals surface area contributed by atoms with Gasteiger partial charge in [0.1, 0.15) is 11.4 Å². The van der Waals surface area contributed by atoms with E-state index < -0.39 is 32.9 Å². The highest BCUT2D eigenvalue weighted by Gasteiger charge is 2.48. The first-order chi connectivity index (χ1) is 19.0. The number of hydrogen-bond acceptors (Lipinski definition) is 7. The molecule has 0 atom stereocenters. The van der Waals surface area contributed by atoms with E-state index in [1.807, 2.05) is 6.92 Å². The normalized spacial score (nSPS) is 15.0. The van der Waals surface area contributed by atoms with Crippen molar-refractivity contribution in [3.8, 4) is 5.75 Å². The molecule has 1 fully saturated rings. The van der Waals surface area contributed by atoms with Gasteiger partial charge in [-0.1, -0.05) is 68.1 Å². The predicted octanol–water partition coefficient (Wildman–Crippen LogP) is 2.90. The molecule has 8 nitrogen and oxygen atoms in total. The second kappa shape index (κ2) is 13.6. The number of ether oxygens (including phenoxy) is 1. The molecule has 1 aromatic heterocycles. The van der Waals surface area contributed by atoms with E-state index in [1.165, 1.54) is 18.5 Å². The zero-order valence-corrected chi connectivity index (χ0v) is 25.7. The molecule has 1 N–H and O–H groups in total. The lowest BCUT2D eigenvalue weighted by molar-refractivity contribution is -0.736. The van der Waals surface area contributed by atoms with Crippen molar-refractivity contribution < 1.29 is 63.8 Å². The fourth-order valence-corrected chi connectivity index (χ4v) is 5.53. The van der Waals surface area contributed by atoms with Crippen LogP contribution in [0.25, 0.3) is 0 Å². The summed E-state index contributed by atoms with van der Waals surface area (Å²) in [5.41, 5.74) is -4.33. The fourth-order valence-electron chi connectivity index (χ4n) is 4.73. The summed E-state index contributed by atoms with van der Waals surface area (Å²) in [6.07, 6.45) is 6.21. The zero-order chi connectivity index (χ0) is 29.0. The number of benzene rings is 2. The van der Waals surface area contributed by atoms with Gasteiger partial charge in [-0.2, -0.15) is 26.2 Å². The van der Waals surface area contributed by atoms with Crippen molar-refractivity contribution in [2.24, 2.45) is 0 Å². The van der Waals surface area contributed by atoms with Crippen molar-refractivity contribution in [2.45, 2.75) is 63.2 Å². The molecule has 0 unspecified atom stereocenters. The number of hydrogen-bond donors (Lipinski definition) is 1. The molecular weight excluding hydrogens is 698 g/mol. The summed E-state index contributed by atoms with van der Waals surface area (Å²) >= 11 is 6.78. The summed E-state index contributed by atoms with van der Waals surface area (Å²) in [7, 11) is -5.77. The second-order valence-corrected chi connectivity index (χ2v) is 11.3. The van der Waals surface area contributed by atoms with Crippen molar-refractivity contribution in [3.05, 3.63) is 82.8 Å². The Kier molecular flexibility index (Phi) is 10.9. The molecule has 0 aliphatic heterocycles. The Balaban J connectivity index is 0.00000462. The minimum absolute atomic E-state index is 0. The Morgan fingerprint density at radius 2 is 1.71 bits per heavy atom. The lowest BCUT2D eigenvalue weighted by atomic mass is 9.76. The van der Waals surface area contributed by atoms with Crippen LogP contribution in [0.3, 0.4) is 0 Å². The number of aromatic nitrogens is 2. The van der Waals surface area contributed by atoms with Crippen LogP contribution in [0.2, 0.25) is 5.02 Å². The number of anilines is 1. The number of rotatable bonds is 9. The third-order valence-corrected chi connectivity index (χ3v) is 8.15. The van der Waals surface area contributed by atoms with E-state index in [1.54, 1.807) is 47.0 Å². The Labute approximate surface area is 258 Å². The zero-order valence-electron chi connectivity index (χ0n) is 22.0. The van der Waals surface area contributed by atoms with Gasteiger partial charge in [-0.3, -0.25) is 0 Å². The van der Waals surface area contributed by atoms with Gasteiger partial charge in [-0.25, -0.2) is 4.79 Å². The lowest BCUT2D eigenvalue weighted by Crippen LogP contribution is -3.00. The second-order valence-electron chi connectivity index (χ2n) is 9.38. The smallest absolute Gasteiger partial charge is 0.534 e. The van der Waals surface area contributed by atoms with Crippen LogP contribution in [0, 0.1) is 0 Å². The maximum Gasteiger partial charge on any atom is 0.534 e. The molecule has 0 spiro atoms. The van der Waals surface area contributed by atoms with Gasteiger partial charge in [-0.05, 0) is 47.7 Å². The molecular formula is C27H28ClF3IN3O5S. The fraction of sp³-hybridized carbons (Fsp3) is 0.370. The highest BCUT2D eigenvalue weighted by atomic mass is 127.